The number of piperazine rings is 1. The highest BCUT2D eigenvalue weighted by Crippen LogP contribution is 2.19. The first-order valence-corrected chi connectivity index (χ1v) is 11.9. The number of allylic oxidation sites excluding steroid dienone is 1. The lowest BCUT2D eigenvalue weighted by Gasteiger charge is -2.32. The summed E-state index contributed by atoms with van der Waals surface area (Å²) in [6, 6.07) is 9.39. The van der Waals surface area contributed by atoms with Crippen LogP contribution in [0.5, 0.6) is 0 Å². The minimum Gasteiger partial charge on any atom is -0.355 e. The third kappa shape index (κ3) is 7.10. The SMILES string of the molecule is O=C(CN1CCN(S(=O)(=O)C=Cc2ccccc2)CC1)NCCC1=CCCCC1. The molecule has 29 heavy (non-hydrogen) atoms. The van der Waals surface area contributed by atoms with E-state index in [4.69, 9.17) is 0 Å². The predicted molar refractivity (Wildman–Crippen MR) is 117 cm³/mol. The molecule has 0 atom stereocenters. The molecule has 3 rings (SSSR count). The van der Waals surface area contributed by atoms with Gasteiger partial charge < -0.3 is 5.32 Å². The number of nitrogens with one attached hydrogen (secondary N) is 1. The lowest BCUT2D eigenvalue weighted by molar-refractivity contribution is -0.122. The number of hydrogen-bond donors (Lipinski definition) is 1. The second-order valence-corrected chi connectivity index (χ2v) is 9.46. The maximum atomic E-state index is 12.5. The monoisotopic (exact) mass is 417 g/mol. The van der Waals surface area contributed by atoms with Crippen LogP contribution in [-0.2, 0) is 14.8 Å². The maximum Gasteiger partial charge on any atom is 0.236 e. The number of benzene rings is 1. The Morgan fingerprint density at radius 3 is 2.52 bits per heavy atom. The van der Waals surface area contributed by atoms with Crippen molar-refractivity contribution in [3.63, 3.8) is 0 Å². The first-order chi connectivity index (χ1) is 14.0. The number of amides is 1. The van der Waals surface area contributed by atoms with E-state index in [2.05, 4.69) is 11.4 Å². The topological polar surface area (TPSA) is 69.7 Å². The normalized spacial score (nSPS) is 19.2. The van der Waals surface area contributed by atoms with Gasteiger partial charge in [0.2, 0.25) is 15.9 Å². The highest BCUT2D eigenvalue weighted by atomic mass is 32.2. The van der Waals surface area contributed by atoms with Crippen LogP contribution in [0.1, 0.15) is 37.7 Å². The molecule has 1 aromatic carbocycles. The fraction of sp³-hybridized carbons (Fsp3) is 0.500. The highest BCUT2D eigenvalue weighted by Gasteiger charge is 2.25. The Labute approximate surface area is 174 Å². The molecule has 7 heteroatoms. The fourth-order valence-electron chi connectivity index (χ4n) is 3.71. The molecule has 0 unspecified atom stereocenters. The molecule has 1 saturated heterocycles. The molecule has 0 saturated carbocycles. The van der Waals surface area contributed by atoms with Gasteiger partial charge in [-0.2, -0.15) is 4.31 Å². The quantitative estimate of drug-likeness (QED) is 0.660. The zero-order valence-corrected chi connectivity index (χ0v) is 17.7. The van der Waals surface area contributed by atoms with E-state index in [9.17, 15) is 13.2 Å². The molecular formula is C22H31N3O3S. The smallest absolute Gasteiger partial charge is 0.236 e. The van der Waals surface area contributed by atoms with Gasteiger partial charge in [0.15, 0.2) is 0 Å². The molecule has 6 nitrogen and oxygen atoms in total. The molecule has 0 aromatic heterocycles. The summed E-state index contributed by atoms with van der Waals surface area (Å²) in [5.41, 5.74) is 2.31. The Morgan fingerprint density at radius 2 is 1.83 bits per heavy atom. The number of rotatable bonds is 8. The summed E-state index contributed by atoms with van der Waals surface area (Å²) in [7, 11) is -3.44. The number of carbonyl (C=O) groups is 1. The van der Waals surface area contributed by atoms with Crippen molar-refractivity contribution in [1.29, 1.82) is 0 Å². The lowest BCUT2D eigenvalue weighted by atomic mass is 9.97. The van der Waals surface area contributed by atoms with E-state index in [-0.39, 0.29) is 5.91 Å². The first kappa shape index (κ1) is 21.7. The van der Waals surface area contributed by atoms with Crippen molar-refractivity contribution in [2.45, 2.75) is 32.1 Å². The molecule has 1 fully saturated rings. The molecule has 1 aliphatic carbocycles. The largest absolute Gasteiger partial charge is 0.355 e. The summed E-state index contributed by atoms with van der Waals surface area (Å²) < 4.78 is 26.5. The van der Waals surface area contributed by atoms with Crippen molar-refractivity contribution in [3.05, 3.63) is 53.0 Å². The van der Waals surface area contributed by atoms with Gasteiger partial charge in [0, 0.05) is 38.1 Å². The molecule has 1 N–H and O–H groups in total. The van der Waals surface area contributed by atoms with Crippen molar-refractivity contribution >= 4 is 22.0 Å². The van der Waals surface area contributed by atoms with Crippen molar-refractivity contribution in [3.8, 4) is 0 Å². The average molecular weight is 418 g/mol. The van der Waals surface area contributed by atoms with Crippen LogP contribution in [0.25, 0.3) is 6.08 Å². The van der Waals surface area contributed by atoms with Gasteiger partial charge in [-0.05, 0) is 43.7 Å². The Balaban J connectivity index is 1.38. The summed E-state index contributed by atoms with van der Waals surface area (Å²) in [4.78, 5) is 14.2. The van der Waals surface area contributed by atoms with Gasteiger partial charge in [0.1, 0.15) is 0 Å². The first-order valence-electron chi connectivity index (χ1n) is 10.4. The van der Waals surface area contributed by atoms with Crippen molar-refractivity contribution < 1.29 is 13.2 Å². The fourth-order valence-corrected chi connectivity index (χ4v) is 4.88. The Bertz CT molecular complexity index is 826. The number of carbonyl (C=O) groups excluding carboxylic acids is 1. The van der Waals surface area contributed by atoms with E-state index in [1.807, 2.05) is 35.2 Å². The zero-order chi connectivity index (χ0) is 20.5. The van der Waals surface area contributed by atoms with E-state index >= 15 is 0 Å². The van der Waals surface area contributed by atoms with Crippen LogP contribution in [-0.4, -0.2) is 62.8 Å². The predicted octanol–water partition coefficient (Wildman–Crippen LogP) is 2.61. The molecule has 0 spiro atoms. The summed E-state index contributed by atoms with van der Waals surface area (Å²) in [5, 5.41) is 4.26. The van der Waals surface area contributed by atoms with Crippen molar-refractivity contribution in [1.82, 2.24) is 14.5 Å². The molecule has 1 amide bonds. The van der Waals surface area contributed by atoms with Crippen molar-refractivity contribution in [2.24, 2.45) is 0 Å². The van der Waals surface area contributed by atoms with Gasteiger partial charge in [0.25, 0.3) is 0 Å². The Hall–Kier alpha value is -1.96. The minimum absolute atomic E-state index is 0.0155. The molecule has 0 radical (unpaired) electrons. The van der Waals surface area contributed by atoms with E-state index in [1.54, 1.807) is 6.08 Å². The van der Waals surface area contributed by atoms with E-state index in [0.717, 1.165) is 24.8 Å². The van der Waals surface area contributed by atoms with Crippen LogP contribution in [0.3, 0.4) is 0 Å². The standard InChI is InChI=1S/C22H31N3O3S/c26-22(23-13-11-20-7-3-1-4-8-20)19-24-14-16-25(17-15-24)29(27,28)18-12-21-9-5-2-6-10-21/h2,5-7,9-10,12,18H,1,3-4,8,11,13-17,19H2,(H,23,26). The third-order valence-electron chi connectivity index (χ3n) is 5.44. The summed E-state index contributed by atoms with van der Waals surface area (Å²) in [6.45, 7) is 2.95. The second kappa shape index (κ2) is 10.7. The van der Waals surface area contributed by atoms with Gasteiger partial charge in [-0.1, -0.05) is 42.0 Å². The number of sulfonamides is 1. The lowest BCUT2D eigenvalue weighted by Crippen LogP contribution is -2.50. The van der Waals surface area contributed by atoms with Gasteiger partial charge >= 0.3 is 0 Å². The molecule has 1 aliphatic heterocycles. The summed E-state index contributed by atoms with van der Waals surface area (Å²) >= 11 is 0. The minimum atomic E-state index is -3.44. The van der Waals surface area contributed by atoms with E-state index < -0.39 is 10.0 Å². The third-order valence-corrected chi connectivity index (χ3v) is 7.01. The number of nitrogens with zero attached hydrogens (tertiary/aromatic N) is 2. The van der Waals surface area contributed by atoms with Crippen molar-refractivity contribution in [2.75, 3.05) is 39.3 Å². The van der Waals surface area contributed by atoms with Crippen LogP contribution < -0.4 is 5.32 Å². The Morgan fingerprint density at radius 1 is 1.07 bits per heavy atom. The molecule has 1 heterocycles. The van der Waals surface area contributed by atoms with Crippen LogP contribution in [0, 0.1) is 0 Å². The van der Waals surface area contributed by atoms with Crippen LogP contribution in [0.4, 0.5) is 0 Å². The average Bonchev–Trinajstić information content (AvgIpc) is 2.74. The molecule has 0 bridgehead atoms. The maximum absolute atomic E-state index is 12.5. The second-order valence-electron chi connectivity index (χ2n) is 7.64. The molecule has 158 valence electrons. The van der Waals surface area contributed by atoms with Crippen LogP contribution in [0.15, 0.2) is 47.4 Å². The van der Waals surface area contributed by atoms with Gasteiger partial charge in [-0.25, -0.2) is 8.42 Å². The molecule has 2 aliphatic rings. The Kier molecular flexibility index (Phi) is 8.03. The molecule has 1 aromatic rings. The van der Waals surface area contributed by atoms with Gasteiger partial charge in [-0.15, -0.1) is 0 Å². The number of hydrogen-bond acceptors (Lipinski definition) is 4. The summed E-state index contributed by atoms with van der Waals surface area (Å²) in [5.74, 6) is 0.0155. The van der Waals surface area contributed by atoms with Crippen LogP contribution in [0.2, 0.25) is 0 Å². The molecular weight excluding hydrogens is 386 g/mol. The zero-order valence-electron chi connectivity index (χ0n) is 16.9. The van der Waals surface area contributed by atoms with Gasteiger partial charge in [0.05, 0.1) is 6.54 Å². The van der Waals surface area contributed by atoms with Gasteiger partial charge in [-0.3, -0.25) is 9.69 Å². The highest BCUT2D eigenvalue weighted by molar-refractivity contribution is 7.92. The van der Waals surface area contributed by atoms with Crippen LogP contribution >= 0.6 is 0 Å². The van der Waals surface area contributed by atoms with E-state index in [1.165, 1.54) is 28.1 Å². The van der Waals surface area contributed by atoms with E-state index in [0.29, 0.717) is 39.3 Å². The summed E-state index contributed by atoms with van der Waals surface area (Å²) in [6.07, 6.45) is 9.72.